The summed E-state index contributed by atoms with van der Waals surface area (Å²) in [4.78, 5) is 37.5. The van der Waals surface area contributed by atoms with E-state index in [0.717, 1.165) is 12.8 Å². The topological polar surface area (TPSA) is 83.5 Å². The van der Waals surface area contributed by atoms with E-state index < -0.39 is 23.2 Å². The van der Waals surface area contributed by atoms with Gasteiger partial charge in [0.25, 0.3) is 0 Å². The van der Waals surface area contributed by atoms with Crippen LogP contribution in [0.1, 0.15) is 82.5 Å². The van der Waals surface area contributed by atoms with E-state index in [9.17, 15) is 19.5 Å². The first-order valence-corrected chi connectivity index (χ1v) is 11.3. The average Bonchev–Trinajstić information content (AvgIpc) is 2.71. The van der Waals surface area contributed by atoms with Crippen LogP contribution >= 0.6 is 0 Å². The third kappa shape index (κ3) is 7.26. The van der Waals surface area contributed by atoms with Gasteiger partial charge in [0.05, 0.1) is 18.4 Å². The fourth-order valence-corrected chi connectivity index (χ4v) is 4.72. The molecule has 0 radical (unpaired) electrons. The third-order valence-electron chi connectivity index (χ3n) is 6.31. The van der Waals surface area contributed by atoms with Gasteiger partial charge in [0.1, 0.15) is 0 Å². The highest BCUT2D eigenvalue weighted by molar-refractivity contribution is 5.99. The molecule has 2 atom stereocenters. The Morgan fingerprint density at radius 2 is 1.70 bits per heavy atom. The number of ketones is 1. The Morgan fingerprint density at radius 3 is 2.27 bits per heavy atom. The van der Waals surface area contributed by atoms with E-state index in [2.05, 4.69) is 5.32 Å². The summed E-state index contributed by atoms with van der Waals surface area (Å²) < 4.78 is 0. The fourth-order valence-electron chi connectivity index (χ4n) is 4.72. The van der Waals surface area contributed by atoms with Gasteiger partial charge in [-0.1, -0.05) is 96.0 Å². The second-order valence-electron chi connectivity index (χ2n) is 9.73. The number of amides is 1. The fraction of sp³-hybridized carbons (Fsp3) is 0.640. The van der Waals surface area contributed by atoms with Gasteiger partial charge in [-0.2, -0.15) is 0 Å². The van der Waals surface area contributed by atoms with Crippen LogP contribution in [0.25, 0.3) is 0 Å². The first kappa shape index (κ1) is 24.1. The molecule has 2 N–H and O–H groups in total. The average molecular weight is 416 g/mol. The first-order chi connectivity index (χ1) is 14.2. The summed E-state index contributed by atoms with van der Waals surface area (Å²) in [7, 11) is 0. The third-order valence-corrected chi connectivity index (χ3v) is 6.31. The van der Waals surface area contributed by atoms with Crippen LogP contribution in [0.3, 0.4) is 0 Å². The zero-order chi connectivity index (χ0) is 22.1. The first-order valence-electron chi connectivity index (χ1n) is 11.3. The predicted molar refractivity (Wildman–Crippen MR) is 118 cm³/mol. The maximum Gasteiger partial charge on any atom is 0.307 e. The molecule has 1 aromatic rings. The lowest BCUT2D eigenvalue weighted by atomic mass is 9.70. The molecule has 166 valence electrons. The Bertz CT molecular complexity index is 702. The van der Waals surface area contributed by atoms with Crippen molar-refractivity contribution in [1.82, 2.24) is 5.32 Å². The second kappa shape index (κ2) is 11.3. The molecular weight excluding hydrogens is 378 g/mol. The van der Waals surface area contributed by atoms with Gasteiger partial charge >= 0.3 is 5.97 Å². The number of Topliss-reactive ketones (excluding diaryl/α,β-unsaturated/α-hetero) is 1. The highest BCUT2D eigenvalue weighted by Gasteiger charge is 2.41. The number of hydrogen-bond acceptors (Lipinski definition) is 3. The monoisotopic (exact) mass is 415 g/mol. The highest BCUT2D eigenvalue weighted by Crippen LogP contribution is 2.36. The van der Waals surface area contributed by atoms with Crippen LogP contribution in [0.15, 0.2) is 30.3 Å². The molecule has 5 heteroatoms. The Hall–Kier alpha value is -2.17. The Morgan fingerprint density at radius 1 is 1.07 bits per heavy atom. The van der Waals surface area contributed by atoms with Crippen molar-refractivity contribution in [2.24, 2.45) is 23.2 Å². The Labute approximate surface area is 180 Å². The van der Waals surface area contributed by atoms with Gasteiger partial charge in [0.2, 0.25) is 5.91 Å². The van der Waals surface area contributed by atoms with E-state index in [4.69, 9.17) is 0 Å². The number of carbonyl (C=O) groups is 3. The van der Waals surface area contributed by atoms with Crippen LogP contribution in [0.5, 0.6) is 0 Å². The van der Waals surface area contributed by atoms with Crippen LogP contribution in [-0.2, 0) is 9.59 Å². The number of carboxylic acid groups (broad SMARTS) is 1. The van der Waals surface area contributed by atoms with E-state index in [0.29, 0.717) is 17.9 Å². The molecule has 1 aliphatic carbocycles. The molecule has 0 aliphatic heterocycles. The molecule has 2 rings (SSSR count). The van der Waals surface area contributed by atoms with Gasteiger partial charge in [0.15, 0.2) is 5.78 Å². The van der Waals surface area contributed by atoms with Crippen molar-refractivity contribution >= 4 is 17.7 Å². The normalized spacial score (nSPS) is 17.2. The zero-order valence-electron chi connectivity index (χ0n) is 18.7. The van der Waals surface area contributed by atoms with Crippen molar-refractivity contribution in [2.45, 2.75) is 72.1 Å². The maximum atomic E-state index is 13.0. The summed E-state index contributed by atoms with van der Waals surface area (Å²) in [6.07, 6.45) is 8.76. The quantitative estimate of drug-likeness (QED) is 0.521. The molecule has 5 nitrogen and oxygen atoms in total. The summed E-state index contributed by atoms with van der Waals surface area (Å²) in [6.45, 7) is 5.48. The van der Waals surface area contributed by atoms with Crippen LogP contribution in [0, 0.1) is 23.2 Å². The van der Waals surface area contributed by atoms with Gasteiger partial charge in [-0.05, 0) is 17.8 Å². The lowest BCUT2D eigenvalue weighted by molar-refractivity contribution is -0.152. The molecule has 0 spiro atoms. The molecule has 1 fully saturated rings. The van der Waals surface area contributed by atoms with Gasteiger partial charge in [-0.15, -0.1) is 0 Å². The van der Waals surface area contributed by atoms with Crippen LogP contribution < -0.4 is 5.32 Å². The molecule has 1 aromatic carbocycles. The van der Waals surface area contributed by atoms with Gasteiger partial charge < -0.3 is 10.4 Å². The zero-order valence-corrected chi connectivity index (χ0v) is 18.7. The van der Waals surface area contributed by atoms with Crippen molar-refractivity contribution in [1.29, 1.82) is 0 Å². The summed E-state index contributed by atoms with van der Waals surface area (Å²) in [5.41, 5.74) is -0.0143. The molecule has 0 saturated heterocycles. The smallest absolute Gasteiger partial charge is 0.307 e. The lowest BCUT2D eigenvalue weighted by Gasteiger charge is -2.33. The van der Waals surface area contributed by atoms with E-state index in [1.165, 1.54) is 32.1 Å². The number of aliphatic carboxylic acids is 1. The molecular formula is C25H37NO4. The maximum absolute atomic E-state index is 13.0. The molecule has 30 heavy (non-hydrogen) atoms. The molecule has 1 amide bonds. The summed E-state index contributed by atoms with van der Waals surface area (Å²) >= 11 is 0. The van der Waals surface area contributed by atoms with Gasteiger partial charge in [0, 0.05) is 5.56 Å². The number of benzene rings is 1. The van der Waals surface area contributed by atoms with Crippen LogP contribution in [0.2, 0.25) is 0 Å². The Kier molecular flexibility index (Phi) is 9.07. The minimum atomic E-state index is -0.949. The van der Waals surface area contributed by atoms with Crippen molar-refractivity contribution in [3.05, 3.63) is 35.9 Å². The van der Waals surface area contributed by atoms with Crippen LogP contribution in [0.4, 0.5) is 0 Å². The predicted octanol–water partition coefficient (Wildman–Crippen LogP) is 5.10. The molecule has 1 unspecified atom stereocenters. The number of carboxylic acids is 1. The van der Waals surface area contributed by atoms with Crippen molar-refractivity contribution in [3.63, 3.8) is 0 Å². The standard InChI is InChI=1S/C25H37NO4/c1-25(2,3)22(24(29)30)20(16-10-13-18-11-6-4-7-12-18)23(28)26-17-21(27)19-14-8-5-9-15-19/h5,8-9,14-15,18,20,22H,4,6-7,10-13,16-17H2,1-3H3,(H,26,28)(H,29,30)/t20-,22?/m1/s1. The van der Waals surface area contributed by atoms with Gasteiger partial charge in [-0.25, -0.2) is 0 Å². The SMILES string of the molecule is CC(C)(C)C(C(=O)O)[C@@H](CCCC1CCCCC1)C(=O)NCC(=O)c1ccccc1. The second-order valence-corrected chi connectivity index (χ2v) is 9.73. The number of hydrogen-bond donors (Lipinski definition) is 2. The molecule has 1 aliphatic rings. The Balaban J connectivity index is 2.03. The minimum absolute atomic E-state index is 0.113. The highest BCUT2D eigenvalue weighted by atomic mass is 16.4. The molecule has 0 aromatic heterocycles. The molecule has 0 heterocycles. The largest absolute Gasteiger partial charge is 0.481 e. The van der Waals surface area contributed by atoms with E-state index in [1.54, 1.807) is 24.3 Å². The minimum Gasteiger partial charge on any atom is -0.481 e. The van der Waals surface area contributed by atoms with E-state index in [-0.39, 0.29) is 18.2 Å². The summed E-state index contributed by atoms with van der Waals surface area (Å²) in [5, 5.41) is 12.6. The van der Waals surface area contributed by atoms with Crippen molar-refractivity contribution in [2.75, 3.05) is 6.54 Å². The number of rotatable bonds is 10. The summed E-state index contributed by atoms with van der Waals surface area (Å²) in [6, 6.07) is 8.82. The lowest BCUT2D eigenvalue weighted by Crippen LogP contribution is -2.44. The van der Waals surface area contributed by atoms with E-state index >= 15 is 0 Å². The molecule has 0 bridgehead atoms. The van der Waals surface area contributed by atoms with Crippen molar-refractivity contribution in [3.8, 4) is 0 Å². The number of nitrogens with one attached hydrogen (secondary N) is 1. The van der Waals surface area contributed by atoms with E-state index in [1.807, 2.05) is 26.8 Å². The van der Waals surface area contributed by atoms with Crippen molar-refractivity contribution < 1.29 is 19.5 Å². The van der Waals surface area contributed by atoms with Crippen LogP contribution in [-0.4, -0.2) is 29.3 Å². The van der Waals surface area contributed by atoms with Gasteiger partial charge in [-0.3, -0.25) is 14.4 Å². The summed E-state index contributed by atoms with van der Waals surface area (Å²) in [5.74, 6) is -2.20. The number of carbonyl (C=O) groups excluding carboxylic acids is 2. The molecule has 1 saturated carbocycles.